The van der Waals surface area contributed by atoms with Crippen molar-refractivity contribution < 1.29 is 24.5 Å². The number of nitrogens with zero attached hydrogens (tertiary/aromatic N) is 2. The first kappa shape index (κ1) is 17.9. The Bertz CT molecular complexity index is 582. The third-order valence-electron chi connectivity index (χ3n) is 2.94. The highest BCUT2D eigenvalue weighted by Gasteiger charge is 2.27. The molecule has 2 N–H and O–H groups in total. The number of ketones is 2. The minimum absolute atomic E-state index is 0.00520. The summed E-state index contributed by atoms with van der Waals surface area (Å²) in [6.45, 7) is 0.0325. The van der Waals surface area contributed by atoms with Crippen LogP contribution in [0.3, 0.4) is 0 Å². The van der Waals surface area contributed by atoms with Crippen LogP contribution >= 0.6 is 0 Å². The number of rotatable bonds is 7. The van der Waals surface area contributed by atoms with Gasteiger partial charge in [0.2, 0.25) is 0 Å². The van der Waals surface area contributed by atoms with Crippen molar-refractivity contribution in [1.29, 1.82) is 0 Å². The van der Waals surface area contributed by atoms with E-state index in [0.29, 0.717) is 0 Å². The Morgan fingerprint density at radius 1 is 1.00 bits per heavy atom. The number of Topliss-reactive ketones (excluding diaryl/α,β-unsaturated/α-hetero) is 2. The molecule has 7 nitrogen and oxygen atoms in total. The molecule has 7 heteroatoms. The van der Waals surface area contributed by atoms with Crippen molar-refractivity contribution in [2.45, 2.75) is 0 Å². The molecule has 0 aliphatic heterocycles. The highest BCUT2D eigenvalue weighted by atomic mass is 16.5. The molecule has 1 rings (SSSR count). The molecule has 0 radical (unpaired) electrons. The molecule has 0 aliphatic carbocycles. The van der Waals surface area contributed by atoms with Gasteiger partial charge in [-0.2, -0.15) is 0 Å². The SMILES string of the molecule is COc1cc(O)c(C(=O)CN(C)C)c(O)c1C(=O)CN(C)C. The van der Waals surface area contributed by atoms with E-state index in [1.807, 2.05) is 0 Å². The van der Waals surface area contributed by atoms with Crippen molar-refractivity contribution in [1.82, 2.24) is 9.80 Å². The van der Waals surface area contributed by atoms with Gasteiger partial charge in [-0.3, -0.25) is 9.59 Å². The van der Waals surface area contributed by atoms with Gasteiger partial charge in [0, 0.05) is 6.07 Å². The van der Waals surface area contributed by atoms with E-state index < -0.39 is 23.1 Å². The van der Waals surface area contributed by atoms with Crippen LogP contribution in [0.2, 0.25) is 0 Å². The summed E-state index contributed by atoms with van der Waals surface area (Å²) in [4.78, 5) is 27.7. The molecule has 0 unspecified atom stereocenters. The first-order chi connectivity index (χ1) is 10.2. The van der Waals surface area contributed by atoms with Crippen LogP contribution in [0.1, 0.15) is 20.7 Å². The minimum atomic E-state index is -0.546. The van der Waals surface area contributed by atoms with Crippen molar-refractivity contribution in [2.75, 3.05) is 48.4 Å². The maximum absolute atomic E-state index is 12.3. The molecule has 0 bridgehead atoms. The van der Waals surface area contributed by atoms with Crippen molar-refractivity contribution in [3.63, 3.8) is 0 Å². The summed E-state index contributed by atoms with van der Waals surface area (Å²) in [7, 11) is 8.11. The maximum Gasteiger partial charge on any atom is 0.184 e. The molecule has 1 aromatic rings. The first-order valence-corrected chi connectivity index (χ1v) is 6.67. The molecule has 0 aromatic heterocycles. The Morgan fingerprint density at radius 2 is 1.45 bits per heavy atom. The van der Waals surface area contributed by atoms with Crippen LogP contribution in [0.4, 0.5) is 0 Å². The topological polar surface area (TPSA) is 90.3 Å². The smallest absolute Gasteiger partial charge is 0.184 e. The number of hydrogen-bond donors (Lipinski definition) is 2. The number of carbonyl (C=O) groups excluding carboxylic acids is 2. The van der Waals surface area contributed by atoms with E-state index in [-0.39, 0.29) is 30.0 Å². The molecule has 0 spiro atoms. The highest BCUT2D eigenvalue weighted by molar-refractivity contribution is 6.10. The second-order valence-electron chi connectivity index (χ2n) is 5.52. The molecule has 0 aliphatic rings. The Hall–Kier alpha value is -2.12. The summed E-state index contributed by atoms with van der Waals surface area (Å²) < 4.78 is 5.04. The van der Waals surface area contributed by atoms with Crippen LogP contribution < -0.4 is 4.74 Å². The zero-order valence-corrected chi connectivity index (χ0v) is 13.5. The maximum atomic E-state index is 12.3. The number of aromatic hydroxyl groups is 2. The summed E-state index contributed by atoms with van der Waals surface area (Å²) in [6, 6.07) is 1.17. The monoisotopic (exact) mass is 310 g/mol. The van der Waals surface area contributed by atoms with Gasteiger partial charge in [-0.15, -0.1) is 0 Å². The average molecular weight is 310 g/mol. The summed E-state index contributed by atoms with van der Waals surface area (Å²) >= 11 is 0. The number of ether oxygens (including phenoxy) is 1. The van der Waals surface area contributed by atoms with Crippen molar-refractivity contribution in [3.8, 4) is 17.2 Å². The largest absolute Gasteiger partial charge is 0.507 e. The number of phenols is 2. The Kier molecular flexibility index (Phi) is 5.90. The van der Waals surface area contributed by atoms with E-state index in [9.17, 15) is 19.8 Å². The number of phenolic OH excluding ortho intramolecular Hbond substituents is 2. The molecule has 122 valence electrons. The number of carbonyl (C=O) groups is 2. The molecular formula is C15H22N2O5. The number of hydrogen-bond acceptors (Lipinski definition) is 7. The van der Waals surface area contributed by atoms with Crippen molar-refractivity contribution >= 4 is 11.6 Å². The molecule has 22 heavy (non-hydrogen) atoms. The van der Waals surface area contributed by atoms with Gasteiger partial charge in [-0.25, -0.2) is 0 Å². The fourth-order valence-corrected chi connectivity index (χ4v) is 2.07. The van der Waals surface area contributed by atoms with E-state index in [2.05, 4.69) is 0 Å². The normalized spacial score (nSPS) is 11.0. The van der Waals surface area contributed by atoms with Gasteiger partial charge < -0.3 is 24.7 Å². The summed E-state index contributed by atoms with van der Waals surface area (Å²) in [5.74, 6) is -1.82. The molecule has 0 saturated heterocycles. The predicted octanol–water partition coefficient (Wildman–Crippen LogP) is 0.595. The lowest BCUT2D eigenvalue weighted by molar-refractivity contribution is 0.0949. The molecular weight excluding hydrogens is 288 g/mol. The highest BCUT2D eigenvalue weighted by Crippen LogP contribution is 2.38. The third-order valence-corrected chi connectivity index (χ3v) is 2.94. The van der Waals surface area contributed by atoms with Crippen LogP contribution in [0, 0.1) is 0 Å². The van der Waals surface area contributed by atoms with Crippen LogP contribution in [0.25, 0.3) is 0 Å². The van der Waals surface area contributed by atoms with Gasteiger partial charge in [-0.05, 0) is 28.2 Å². The molecule has 1 aromatic carbocycles. The van der Waals surface area contributed by atoms with Crippen molar-refractivity contribution in [2.24, 2.45) is 0 Å². The first-order valence-electron chi connectivity index (χ1n) is 6.67. The van der Waals surface area contributed by atoms with Gasteiger partial charge in [0.15, 0.2) is 11.6 Å². The molecule has 0 atom stereocenters. The van der Waals surface area contributed by atoms with Gasteiger partial charge in [-0.1, -0.05) is 0 Å². The van der Waals surface area contributed by atoms with Gasteiger partial charge >= 0.3 is 0 Å². The third kappa shape index (κ3) is 3.96. The van der Waals surface area contributed by atoms with Crippen LogP contribution in [0.5, 0.6) is 17.2 Å². The fraction of sp³-hybridized carbons (Fsp3) is 0.467. The molecule has 0 saturated carbocycles. The lowest BCUT2D eigenvalue weighted by Crippen LogP contribution is -2.24. The Labute approximate surface area is 129 Å². The average Bonchev–Trinajstić information content (AvgIpc) is 2.35. The van der Waals surface area contributed by atoms with E-state index in [4.69, 9.17) is 4.74 Å². The van der Waals surface area contributed by atoms with Crippen LogP contribution in [0.15, 0.2) is 6.07 Å². The predicted molar refractivity (Wildman–Crippen MR) is 82.1 cm³/mol. The quantitative estimate of drug-likeness (QED) is 0.712. The van der Waals surface area contributed by atoms with Crippen molar-refractivity contribution in [3.05, 3.63) is 17.2 Å². The Balaban J connectivity index is 3.43. The standard InChI is InChI=1S/C15H22N2O5/c1-16(2)7-10(19)13-9(18)6-12(22-5)14(15(13)21)11(20)8-17(3)4/h6,18,21H,7-8H2,1-5H3. The lowest BCUT2D eigenvalue weighted by Gasteiger charge is -2.17. The van der Waals surface area contributed by atoms with Gasteiger partial charge in [0.05, 0.1) is 20.2 Å². The number of methoxy groups -OCH3 is 1. The zero-order chi connectivity index (χ0) is 17.0. The zero-order valence-electron chi connectivity index (χ0n) is 13.5. The second kappa shape index (κ2) is 7.24. The summed E-state index contributed by atoms with van der Waals surface area (Å²) in [5, 5.41) is 20.3. The van der Waals surface area contributed by atoms with Crippen LogP contribution in [-0.2, 0) is 0 Å². The van der Waals surface area contributed by atoms with E-state index >= 15 is 0 Å². The molecule has 0 amide bonds. The fourth-order valence-electron chi connectivity index (χ4n) is 2.07. The summed E-state index contributed by atoms with van der Waals surface area (Å²) in [5.41, 5.74) is -0.368. The van der Waals surface area contributed by atoms with E-state index in [1.54, 1.807) is 38.0 Å². The Morgan fingerprint density at radius 3 is 1.86 bits per heavy atom. The molecule has 0 fully saturated rings. The van der Waals surface area contributed by atoms with E-state index in [0.717, 1.165) is 0 Å². The number of likely N-dealkylation sites (N-methyl/N-ethyl adjacent to an activating group) is 2. The molecule has 0 heterocycles. The van der Waals surface area contributed by atoms with Gasteiger partial charge in [0.1, 0.15) is 28.4 Å². The summed E-state index contributed by atoms with van der Waals surface area (Å²) in [6.07, 6.45) is 0. The second-order valence-corrected chi connectivity index (χ2v) is 5.52. The lowest BCUT2D eigenvalue weighted by atomic mass is 9.99. The van der Waals surface area contributed by atoms with Gasteiger partial charge in [0.25, 0.3) is 0 Å². The number of benzene rings is 1. The minimum Gasteiger partial charge on any atom is -0.507 e. The van der Waals surface area contributed by atoms with Crippen LogP contribution in [-0.4, -0.2) is 80.0 Å². The van der Waals surface area contributed by atoms with E-state index in [1.165, 1.54) is 13.2 Å².